The number of allylic oxidation sites excluding steroid dienone is 1. The summed E-state index contributed by atoms with van der Waals surface area (Å²) in [5.74, 6) is -4.46. The van der Waals surface area contributed by atoms with Crippen LogP contribution in [-0.2, 0) is 43.7 Å². The summed E-state index contributed by atoms with van der Waals surface area (Å²) in [6, 6.07) is 11.2. The van der Waals surface area contributed by atoms with Crippen LogP contribution >= 0.6 is 23.1 Å². The minimum atomic E-state index is -1.75. The maximum absolute atomic E-state index is 13.4. The normalized spacial score (nSPS) is 21.7. The SMILES string of the molecule is CC(C)(O/N=C(\C(=O)C[C@@H]1C(=O)N2C(C(=O)O)=C(C=Cc3ccc(C[N+]4(C)Cc5ccc(O)c(O)c5C4)cc3)CS[C@H]12)c1csc(N)n1)C(=O)O. The summed E-state index contributed by atoms with van der Waals surface area (Å²) in [6.45, 7) is 4.53. The number of hydrogen-bond acceptors (Lipinski definition) is 12. The summed E-state index contributed by atoms with van der Waals surface area (Å²) < 4.78 is 0.634. The number of oxime groups is 1. The number of carboxylic acid groups (broad SMARTS) is 2. The van der Waals surface area contributed by atoms with Gasteiger partial charge in [0.2, 0.25) is 11.5 Å². The minimum absolute atomic E-state index is 0.0634. The highest BCUT2D eigenvalue weighted by molar-refractivity contribution is 8.00. The van der Waals surface area contributed by atoms with E-state index in [0.29, 0.717) is 23.1 Å². The number of nitrogens with two attached hydrogens (primary N) is 1. The second kappa shape index (κ2) is 13.5. The third-order valence-corrected chi connectivity index (χ3v) is 11.1. The number of quaternary nitrogens is 1. The van der Waals surface area contributed by atoms with Crippen LogP contribution in [-0.4, -0.2) is 87.9 Å². The molecule has 0 spiro atoms. The number of thioether (sulfide) groups is 1. The zero-order valence-corrected chi connectivity index (χ0v) is 29.5. The summed E-state index contributed by atoms with van der Waals surface area (Å²) in [6.07, 6.45) is 3.16. The van der Waals surface area contributed by atoms with Crippen LogP contribution in [0.25, 0.3) is 6.08 Å². The largest absolute Gasteiger partial charge is 0.504 e. The van der Waals surface area contributed by atoms with Gasteiger partial charge in [0, 0.05) is 28.7 Å². The molecule has 2 aromatic carbocycles. The highest BCUT2D eigenvalue weighted by atomic mass is 32.2. The molecular formula is C35H36N5O9S2+. The summed E-state index contributed by atoms with van der Waals surface area (Å²) in [4.78, 5) is 61.2. The Hall–Kier alpha value is -5.19. The number of amides is 1. The van der Waals surface area contributed by atoms with Gasteiger partial charge >= 0.3 is 11.9 Å². The van der Waals surface area contributed by atoms with Crippen LogP contribution in [0.3, 0.4) is 0 Å². The van der Waals surface area contributed by atoms with Crippen LogP contribution in [0.2, 0.25) is 0 Å². The predicted molar refractivity (Wildman–Crippen MR) is 189 cm³/mol. The molecule has 1 fully saturated rings. The molecule has 0 bridgehead atoms. The van der Waals surface area contributed by atoms with Crippen LogP contribution in [0.4, 0.5) is 5.13 Å². The van der Waals surface area contributed by atoms with Crippen molar-refractivity contribution >= 4 is 63.6 Å². The topological polar surface area (TPSA) is 213 Å². The van der Waals surface area contributed by atoms with Gasteiger partial charge in [-0.3, -0.25) is 14.5 Å². The van der Waals surface area contributed by atoms with E-state index in [1.807, 2.05) is 30.3 Å². The molecule has 4 heterocycles. The van der Waals surface area contributed by atoms with Crippen molar-refractivity contribution in [3.8, 4) is 11.5 Å². The van der Waals surface area contributed by atoms with Crippen molar-refractivity contribution in [2.24, 2.45) is 11.1 Å². The summed E-state index contributed by atoms with van der Waals surface area (Å²) in [5, 5.41) is 44.6. The average Bonchev–Trinajstić information content (AvgIpc) is 3.66. The number of aromatic hydroxyl groups is 2. The van der Waals surface area contributed by atoms with E-state index in [4.69, 9.17) is 10.6 Å². The predicted octanol–water partition coefficient (Wildman–Crippen LogP) is 3.92. The summed E-state index contributed by atoms with van der Waals surface area (Å²) >= 11 is 2.39. The lowest BCUT2D eigenvalue weighted by molar-refractivity contribution is -0.941. The van der Waals surface area contributed by atoms with Crippen molar-refractivity contribution in [1.82, 2.24) is 9.88 Å². The first-order chi connectivity index (χ1) is 24.1. The number of ketones is 1. The number of benzene rings is 2. The second-order valence-electron chi connectivity index (χ2n) is 13.5. The molecule has 3 aliphatic heterocycles. The van der Waals surface area contributed by atoms with Crippen LogP contribution in [0.1, 0.15) is 48.2 Å². The molecule has 0 saturated carbocycles. The zero-order chi connectivity index (χ0) is 36.8. The molecule has 1 aromatic heterocycles. The molecule has 1 amide bonds. The molecule has 6 N–H and O–H groups in total. The number of aliphatic carboxylic acids is 2. The smallest absolute Gasteiger partial charge is 0.352 e. The van der Waals surface area contributed by atoms with Gasteiger partial charge in [0.15, 0.2) is 28.1 Å². The number of β-lactam (4-membered cyclic amide) rings is 1. The molecule has 0 aliphatic carbocycles. The number of rotatable bonds is 12. The van der Waals surface area contributed by atoms with Crippen molar-refractivity contribution in [3.05, 3.63) is 87.1 Å². The fraction of sp³-hybridized carbons (Fsp3) is 0.314. The third-order valence-electron chi connectivity index (χ3n) is 9.10. The number of thiazole rings is 1. The molecule has 6 rings (SSSR count). The second-order valence-corrected chi connectivity index (χ2v) is 15.5. The van der Waals surface area contributed by atoms with Crippen molar-refractivity contribution in [2.75, 3.05) is 18.5 Å². The molecule has 1 unspecified atom stereocenters. The number of carbonyl (C=O) groups excluding carboxylic acids is 2. The van der Waals surface area contributed by atoms with E-state index < -0.39 is 40.5 Å². The van der Waals surface area contributed by atoms with E-state index in [2.05, 4.69) is 17.2 Å². The average molecular weight is 735 g/mol. The minimum Gasteiger partial charge on any atom is -0.504 e. The van der Waals surface area contributed by atoms with E-state index in [0.717, 1.165) is 40.1 Å². The first-order valence-corrected chi connectivity index (χ1v) is 17.8. The molecule has 3 atom stereocenters. The number of Topliss-reactive ketones (excluding diaryl/α,β-unsaturated/α-hetero) is 1. The van der Waals surface area contributed by atoms with Crippen molar-refractivity contribution in [2.45, 2.75) is 50.9 Å². The lowest BCUT2D eigenvalue weighted by Crippen LogP contribution is -2.62. The number of carbonyl (C=O) groups is 4. The number of phenols is 2. The van der Waals surface area contributed by atoms with Gasteiger partial charge in [-0.25, -0.2) is 14.6 Å². The Morgan fingerprint density at radius 3 is 2.49 bits per heavy atom. The van der Waals surface area contributed by atoms with Gasteiger partial charge in [0.05, 0.1) is 23.9 Å². The van der Waals surface area contributed by atoms with Crippen LogP contribution in [0, 0.1) is 5.92 Å². The van der Waals surface area contributed by atoms with Gasteiger partial charge in [-0.2, -0.15) is 0 Å². The van der Waals surface area contributed by atoms with E-state index in [-0.39, 0.29) is 45.9 Å². The molecular weight excluding hydrogens is 699 g/mol. The summed E-state index contributed by atoms with van der Waals surface area (Å²) in [7, 11) is 2.09. The Labute approximate surface area is 300 Å². The number of anilines is 1. The maximum Gasteiger partial charge on any atom is 0.352 e. The molecule has 51 heavy (non-hydrogen) atoms. The molecule has 0 radical (unpaired) electrons. The van der Waals surface area contributed by atoms with Gasteiger partial charge < -0.3 is 35.5 Å². The zero-order valence-electron chi connectivity index (χ0n) is 27.9. The van der Waals surface area contributed by atoms with Crippen LogP contribution < -0.4 is 5.73 Å². The molecule has 266 valence electrons. The molecule has 3 aromatic rings. The lowest BCUT2D eigenvalue weighted by atomic mass is 9.89. The maximum atomic E-state index is 13.4. The fourth-order valence-corrected chi connectivity index (χ4v) is 8.29. The number of aromatic nitrogens is 1. The monoisotopic (exact) mass is 734 g/mol. The molecule has 1 saturated heterocycles. The number of nitrogens with zero attached hydrogens (tertiary/aromatic N) is 4. The number of fused-ring (bicyclic) bond motifs is 2. The third kappa shape index (κ3) is 7.07. The Morgan fingerprint density at radius 1 is 1.12 bits per heavy atom. The van der Waals surface area contributed by atoms with Crippen LogP contribution in [0.5, 0.6) is 11.5 Å². The van der Waals surface area contributed by atoms with Gasteiger partial charge in [0.25, 0.3) is 0 Å². The fourth-order valence-electron chi connectivity index (χ4n) is 6.36. The van der Waals surface area contributed by atoms with Gasteiger partial charge in [-0.1, -0.05) is 41.6 Å². The lowest BCUT2D eigenvalue weighted by Gasteiger charge is -2.49. The molecule has 14 nitrogen and oxygen atoms in total. The van der Waals surface area contributed by atoms with E-state index in [9.17, 15) is 39.6 Å². The van der Waals surface area contributed by atoms with Gasteiger partial charge in [0.1, 0.15) is 31.0 Å². The molecule has 16 heteroatoms. The first kappa shape index (κ1) is 35.6. The number of phenolic OH excluding ortho intramolecular Hbond substituents is 2. The van der Waals surface area contributed by atoms with Crippen LogP contribution in [0.15, 0.2) is 64.3 Å². The summed E-state index contributed by atoms with van der Waals surface area (Å²) in [5.41, 5.74) is 7.76. The van der Waals surface area contributed by atoms with Gasteiger partial charge in [-0.15, -0.1) is 23.1 Å². The number of nitrogen functional groups attached to an aromatic ring is 1. The quantitative estimate of drug-likeness (QED) is 0.0589. The Bertz CT molecular complexity index is 2040. The highest BCUT2D eigenvalue weighted by Crippen LogP contribution is 2.46. The Morgan fingerprint density at radius 2 is 1.84 bits per heavy atom. The van der Waals surface area contributed by atoms with Crippen molar-refractivity contribution in [1.29, 1.82) is 0 Å². The number of carboxylic acids is 2. The van der Waals surface area contributed by atoms with E-state index >= 15 is 0 Å². The van der Waals surface area contributed by atoms with E-state index in [1.165, 1.54) is 42.0 Å². The van der Waals surface area contributed by atoms with Crippen molar-refractivity contribution in [3.63, 3.8) is 0 Å². The highest BCUT2D eigenvalue weighted by Gasteiger charge is 2.54. The van der Waals surface area contributed by atoms with Gasteiger partial charge in [-0.05, 0) is 37.1 Å². The first-order valence-electron chi connectivity index (χ1n) is 15.9. The Balaban J connectivity index is 1.13. The van der Waals surface area contributed by atoms with Crippen molar-refractivity contribution < 1.29 is 48.9 Å². The molecule has 3 aliphatic rings. The number of hydrogen-bond donors (Lipinski definition) is 5. The Kier molecular flexibility index (Phi) is 9.43. The standard InChI is InChI=1S/C35H35N5O9S2/c1-35(2,33(47)48)49-38-27(24-17-51-34(36)37-24)26(42)12-22-30(44)39-28(32(45)46)21(16-50-31(22)39)9-8-18-4-6-19(7-5-18)13-40(3)14-20-10-11-25(41)29(43)23(20)15-40/h4-11,17,22,31H,12-16H2,1-3H3,(H5-,36,37,38,41,42,43,45,46,47,48)/p+1/t22-,31-,40?/m1/s1. The van der Waals surface area contributed by atoms with E-state index in [1.54, 1.807) is 12.2 Å².